The summed E-state index contributed by atoms with van der Waals surface area (Å²) >= 11 is 13.1. The molecule has 31 heavy (non-hydrogen) atoms. The Morgan fingerprint density at radius 1 is 0.871 bits per heavy atom. The number of hydrogen-bond donors (Lipinski definition) is 2. The first-order valence-corrected chi connectivity index (χ1v) is 9.99. The standard InChI is InChI=1S/C22H19Cl2N5O2/c1-10-4-5-13(20(26)19(10)25)22-28-9-12-6-11(8-27-21(12)29-22)16-17(23)14(30-2)7-15(31-3)18(16)24/h4-9H,25-26H2,1-3H3. The molecule has 0 bridgehead atoms. The number of hydrogen-bond acceptors (Lipinski definition) is 7. The van der Waals surface area contributed by atoms with Crippen LogP contribution in [0.3, 0.4) is 0 Å². The Kier molecular flexibility index (Phi) is 5.47. The normalized spacial score (nSPS) is 11.0. The van der Waals surface area contributed by atoms with E-state index in [1.807, 2.05) is 25.1 Å². The number of ether oxygens (including phenoxy) is 2. The average molecular weight is 456 g/mol. The van der Waals surface area contributed by atoms with Crippen LogP contribution >= 0.6 is 23.2 Å². The summed E-state index contributed by atoms with van der Waals surface area (Å²) in [6, 6.07) is 7.21. The van der Waals surface area contributed by atoms with Crippen molar-refractivity contribution in [3.05, 3.63) is 52.3 Å². The summed E-state index contributed by atoms with van der Waals surface area (Å²) in [6.45, 7) is 1.89. The summed E-state index contributed by atoms with van der Waals surface area (Å²) in [5, 5.41) is 1.42. The molecule has 0 aliphatic rings. The van der Waals surface area contributed by atoms with Gasteiger partial charge in [0.2, 0.25) is 0 Å². The third-order valence-corrected chi connectivity index (χ3v) is 5.79. The van der Waals surface area contributed by atoms with E-state index in [0.717, 1.165) is 5.56 Å². The Morgan fingerprint density at radius 3 is 2.19 bits per heavy atom. The minimum absolute atomic E-state index is 0.356. The average Bonchev–Trinajstić information content (AvgIpc) is 2.77. The topological polar surface area (TPSA) is 109 Å². The van der Waals surface area contributed by atoms with Gasteiger partial charge in [-0.3, -0.25) is 0 Å². The van der Waals surface area contributed by atoms with Crippen LogP contribution in [0.4, 0.5) is 11.4 Å². The van der Waals surface area contributed by atoms with E-state index in [0.29, 0.717) is 66.5 Å². The molecule has 4 aromatic rings. The summed E-state index contributed by atoms with van der Waals surface area (Å²) in [6.07, 6.45) is 3.31. The molecule has 2 aromatic carbocycles. The van der Waals surface area contributed by atoms with Crippen molar-refractivity contribution in [3.8, 4) is 34.0 Å². The number of halogens is 2. The van der Waals surface area contributed by atoms with Crippen molar-refractivity contribution in [2.75, 3.05) is 25.7 Å². The second-order valence-corrected chi connectivity index (χ2v) is 7.63. The molecule has 0 saturated heterocycles. The molecule has 0 amide bonds. The SMILES string of the molecule is COc1cc(OC)c(Cl)c(-c2cnc3nc(-c4ccc(C)c(N)c4N)ncc3c2)c1Cl. The molecular weight excluding hydrogens is 437 g/mol. The maximum Gasteiger partial charge on any atom is 0.163 e. The van der Waals surface area contributed by atoms with E-state index in [9.17, 15) is 0 Å². The van der Waals surface area contributed by atoms with Crippen LogP contribution in [0, 0.1) is 6.92 Å². The van der Waals surface area contributed by atoms with Gasteiger partial charge >= 0.3 is 0 Å². The van der Waals surface area contributed by atoms with Gasteiger partial charge in [0, 0.05) is 40.5 Å². The number of nitrogens with two attached hydrogens (primary N) is 2. The number of benzene rings is 2. The lowest BCUT2D eigenvalue weighted by molar-refractivity contribution is 0.395. The van der Waals surface area contributed by atoms with Gasteiger partial charge in [0.25, 0.3) is 0 Å². The minimum atomic E-state index is 0.356. The molecule has 4 rings (SSSR count). The van der Waals surface area contributed by atoms with Crippen molar-refractivity contribution < 1.29 is 9.47 Å². The smallest absolute Gasteiger partial charge is 0.163 e. The Balaban J connectivity index is 1.85. The largest absolute Gasteiger partial charge is 0.495 e. The van der Waals surface area contributed by atoms with Gasteiger partial charge in [-0.05, 0) is 24.6 Å². The quantitative estimate of drug-likeness (QED) is 0.409. The van der Waals surface area contributed by atoms with Crippen LogP contribution in [-0.4, -0.2) is 29.2 Å². The van der Waals surface area contributed by atoms with Gasteiger partial charge < -0.3 is 20.9 Å². The number of fused-ring (bicyclic) bond motifs is 1. The first kappa shape index (κ1) is 21.0. The Morgan fingerprint density at radius 2 is 1.55 bits per heavy atom. The maximum atomic E-state index is 6.53. The second-order valence-electron chi connectivity index (χ2n) is 6.87. The highest BCUT2D eigenvalue weighted by Crippen LogP contribution is 2.46. The van der Waals surface area contributed by atoms with Gasteiger partial charge in [0.05, 0.1) is 35.6 Å². The summed E-state index contributed by atoms with van der Waals surface area (Å²) in [4.78, 5) is 13.5. The highest BCUT2D eigenvalue weighted by Gasteiger charge is 2.20. The molecule has 0 atom stereocenters. The van der Waals surface area contributed by atoms with Gasteiger partial charge in [-0.1, -0.05) is 29.3 Å². The van der Waals surface area contributed by atoms with E-state index in [2.05, 4.69) is 15.0 Å². The first-order chi connectivity index (χ1) is 14.8. The minimum Gasteiger partial charge on any atom is -0.495 e. The molecule has 2 heterocycles. The number of methoxy groups -OCH3 is 2. The summed E-state index contributed by atoms with van der Waals surface area (Å²) < 4.78 is 10.7. The number of aromatic nitrogens is 3. The first-order valence-electron chi connectivity index (χ1n) is 9.23. The lowest BCUT2D eigenvalue weighted by Gasteiger charge is -2.15. The number of rotatable bonds is 4. The van der Waals surface area contributed by atoms with Gasteiger partial charge in [-0.2, -0.15) is 0 Å². The van der Waals surface area contributed by atoms with E-state index >= 15 is 0 Å². The summed E-state index contributed by atoms with van der Waals surface area (Å²) in [7, 11) is 3.05. The summed E-state index contributed by atoms with van der Waals surface area (Å²) in [5.41, 5.74) is 16.4. The van der Waals surface area contributed by atoms with E-state index in [-0.39, 0.29) is 0 Å². The fourth-order valence-electron chi connectivity index (χ4n) is 3.27. The van der Waals surface area contributed by atoms with Crippen LogP contribution < -0.4 is 20.9 Å². The number of nitrogen functional groups attached to an aromatic ring is 2. The fourth-order valence-corrected chi connectivity index (χ4v) is 3.99. The Bertz CT molecular complexity index is 1300. The molecule has 0 fully saturated rings. The van der Waals surface area contributed by atoms with Crippen molar-refractivity contribution >= 4 is 45.6 Å². The van der Waals surface area contributed by atoms with Gasteiger partial charge in [0.15, 0.2) is 11.5 Å². The molecule has 4 N–H and O–H groups in total. The summed E-state index contributed by atoms with van der Waals surface area (Å²) in [5.74, 6) is 1.32. The zero-order valence-electron chi connectivity index (χ0n) is 17.0. The molecule has 158 valence electrons. The van der Waals surface area contributed by atoms with Crippen LogP contribution in [0.1, 0.15) is 5.56 Å². The molecule has 0 unspecified atom stereocenters. The van der Waals surface area contributed by atoms with Crippen molar-refractivity contribution in [1.82, 2.24) is 15.0 Å². The van der Waals surface area contributed by atoms with Gasteiger partial charge in [-0.25, -0.2) is 15.0 Å². The lowest BCUT2D eigenvalue weighted by atomic mass is 10.0. The van der Waals surface area contributed by atoms with Gasteiger partial charge in [0.1, 0.15) is 11.5 Å². The molecule has 0 radical (unpaired) electrons. The predicted molar refractivity (Wildman–Crippen MR) is 125 cm³/mol. The van der Waals surface area contributed by atoms with Gasteiger partial charge in [-0.15, -0.1) is 0 Å². The molecule has 0 saturated carbocycles. The highest BCUT2D eigenvalue weighted by molar-refractivity contribution is 6.41. The molecule has 9 heteroatoms. The molecular formula is C22H19Cl2N5O2. The molecule has 2 aromatic heterocycles. The number of pyridine rings is 1. The van der Waals surface area contributed by atoms with E-state index < -0.39 is 0 Å². The molecule has 0 aliphatic heterocycles. The van der Waals surface area contributed by atoms with Crippen molar-refractivity contribution in [1.29, 1.82) is 0 Å². The maximum absolute atomic E-state index is 6.53. The van der Waals surface area contributed by atoms with E-state index in [1.165, 1.54) is 14.2 Å². The zero-order chi connectivity index (χ0) is 22.3. The molecule has 7 nitrogen and oxygen atoms in total. The fraction of sp³-hybridized carbons (Fsp3) is 0.136. The van der Waals surface area contributed by atoms with Crippen LogP contribution in [0.15, 0.2) is 36.7 Å². The Hall–Kier alpha value is -3.29. The van der Waals surface area contributed by atoms with Crippen LogP contribution in [0.25, 0.3) is 33.5 Å². The third-order valence-electron chi connectivity index (χ3n) is 5.04. The number of anilines is 2. The number of nitrogens with zero attached hydrogens (tertiary/aromatic N) is 3. The predicted octanol–water partition coefficient (Wildman–Crippen LogP) is 5.16. The second kappa shape index (κ2) is 8.09. The third kappa shape index (κ3) is 3.56. The van der Waals surface area contributed by atoms with Crippen molar-refractivity contribution in [2.24, 2.45) is 0 Å². The van der Waals surface area contributed by atoms with Crippen LogP contribution in [0.2, 0.25) is 10.0 Å². The number of aryl methyl sites for hydroxylation is 1. The van der Waals surface area contributed by atoms with Crippen molar-refractivity contribution in [3.63, 3.8) is 0 Å². The lowest BCUT2D eigenvalue weighted by Crippen LogP contribution is -2.02. The van der Waals surface area contributed by atoms with Crippen molar-refractivity contribution in [2.45, 2.75) is 6.92 Å². The van der Waals surface area contributed by atoms with E-state index in [1.54, 1.807) is 18.5 Å². The Labute approximate surface area is 188 Å². The monoisotopic (exact) mass is 455 g/mol. The molecule has 0 spiro atoms. The highest BCUT2D eigenvalue weighted by atomic mass is 35.5. The van der Waals surface area contributed by atoms with Crippen LogP contribution in [0.5, 0.6) is 11.5 Å². The molecule has 0 aliphatic carbocycles. The zero-order valence-corrected chi connectivity index (χ0v) is 18.5. The van der Waals surface area contributed by atoms with E-state index in [4.69, 9.17) is 44.1 Å². The van der Waals surface area contributed by atoms with Crippen LogP contribution in [-0.2, 0) is 0 Å².